The third-order valence-electron chi connectivity index (χ3n) is 12.0. The number of aliphatic hydroxyl groups is 2. The van der Waals surface area contributed by atoms with Gasteiger partial charge in [0, 0.05) is 46.4 Å². The number of nitrogens with zero attached hydrogens (tertiary/aromatic N) is 1. The Balaban J connectivity index is 1.12. The Morgan fingerprint density at radius 2 is 1.76 bits per heavy atom. The van der Waals surface area contributed by atoms with E-state index in [0.29, 0.717) is 19.5 Å². The lowest BCUT2D eigenvalue weighted by atomic mass is 9.44. The minimum Gasteiger partial charge on any atom is -0.390 e. The summed E-state index contributed by atoms with van der Waals surface area (Å²) >= 11 is 1.77. The summed E-state index contributed by atoms with van der Waals surface area (Å²) in [5.74, 6) is -1.80. The third-order valence-corrected chi connectivity index (χ3v) is 13.1. The fraction of sp³-hybridized carbons (Fsp3) is 0.514. The Morgan fingerprint density at radius 3 is 2.46 bits per heavy atom. The number of hydroxylamine groups is 2. The molecule has 2 aromatic carbocycles. The van der Waals surface area contributed by atoms with Crippen LogP contribution in [0.15, 0.2) is 77.2 Å². The van der Waals surface area contributed by atoms with E-state index >= 15 is 8.78 Å². The largest absolute Gasteiger partial charge is 0.390 e. The molecule has 1 saturated heterocycles. The Morgan fingerprint density at radius 1 is 1.07 bits per heavy atom. The van der Waals surface area contributed by atoms with Crippen LogP contribution in [0.4, 0.5) is 8.78 Å². The second kappa shape index (κ2) is 11.2. The number of carbonyl (C=O) groups is 2. The molecular formula is C37H41F2NO5S. The molecule has 5 aliphatic rings. The topological polar surface area (TPSA) is 87.1 Å². The summed E-state index contributed by atoms with van der Waals surface area (Å²) in [5, 5.41) is 23.7. The zero-order valence-electron chi connectivity index (χ0n) is 26.4. The van der Waals surface area contributed by atoms with Crippen molar-refractivity contribution in [1.82, 2.24) is 5.06 Å². The van der Waals surface area contributed by atoms with Gasteiger partial charge in [-0.3, -0.25) is 14.4 Å². The summed E-state index contributed by atoms with van der Waals surface area (Å²) in [5.41, 5.74) is -2.76. The van der Waals surface area contributed by atoms with Gasteiger partial charge in [0.05, 0.1) is 6.10 Å². The highest BCUT2D eigenvalue weighted by Gasteiger charge is 2.79. The van der Waals surface area contributed by atoms with Crippen LogP contribution in [0.1, 0.15) is 49.8 Å². The van der Waals surface area contributed by atoms with Crippen LogP contribution in [-0.4, -0.2) is 63.5 Å². The summed E-state index contributed by atoms with van der Waals surface area (Å²) in [6, 6.07) is 16.7. The van der Waals surface area contributed by atoms with Crippen molar-refractivity contribution in [3.8, 4) is 0 Å². The van der Waals surface area contributed by atoms with Crippen molar-refractivity contribution in [1.29, 1.82) is 0 Å². The molecule has 9 atom stereocenters. The molecule has 0 unspecified atom stereocenters. The fourth-order valence-corrected chi connectivity index (χ4v) is 10.6. The van der Waals surface area contributed by atoms with Gasteiger partial charge in [-0.2, -0.15) is 5.06 Å². The number of aliphatic hydroxyl groups excluding tert-OH is 2. The first-order chi connectivity index (χ1) is 21.9. The Labute approximate surface area is 272 Å². The molecule has 0 spiro atoms. The molecule has 1 aliphatic heterocycles. The Bertz CT molecular complexity index is 1610. The molecule has 0 bridgehead atoms. The minimum atomic E-state index is -2.23. The molecule has 9 heteroatoms. The van der Waals surface area contributed by atoms with Crippen molar-refractivity contribution >= 4 is 23.3 Å². The summed E-state index contributed by atoms with van der Waals surface area (Å²) in [6.45, 7) is 5.55. The Hall–Kier alpha value is -2.69. The number of carbonyl (C=O) groups excluding carboxylic acids is 2. The normalized spacial score (nSPS) is 39.8. The van der Waals surface area contributed by atoms with Crippen molar-refractivity contribution < 1.29 is 33.4 Å². The number of allylic oxidation sites excluding steroid dienone is 4. The molecule has 46 heavy (non-hydrogen) atoms. The molecule has 2 aromatic rings. The number of rotatable bonds is 7. The lowest BCUT2D eigenvalue weighted by Gasteiger charge is -2.63. The molecule has 6 nitrogen and oxygen atoms in total. The summed E-state index contributed by atoms with van der Waals surface area (Å²) in [6.07, 6.45) is 0.897. The molecule has 2 N–H and O–H groups in total. The van der Waals surface area contributed by atoms with Crippen molar-refractivity contribution in [3.63, 3.8) is 0 Å². The first-order valence-corrected chi connectivity index (χ1v) is 17.2. The number of fused-ring (bicyclic) bond motifs is 7. The number of halogens is 2. The van der Waals surface area contributed by atoms with Gasteiger partial charge in [-0.25, -0.2) is 8.78 Å². The predicted molar refractivity (Wildman–Crippen MR) is 171 cm³/mol. The number of benzene rings is 2. The third kappa shape index (κ3) is 4.49. The van der Waals surface area contributed by atoms with Crippen molar-refractivity contribution in [2.24, 2.45) is 28.6 Å². The lowest BCUT2D eigenvalue weighted by molar-refractivity contribution is -0.269. The Kier molecular flexibility index (Phi) is 7.76. The molecular weight excluding hydrogens is 608 g/mol. The summed E-state index contributed by atoms with van der Waals surface area (Å²) < 4.78 is 33.4. The van der Waals surface area contributed by atoms with E-state index in [9.17, 15) is 19.8 Å². The van der Waals surface area contributed by atoms with Gasteiger partial charge in [-0.05, 0) is 80.0 Å². The van der Waals surface area contributed by atoms with E-state index < -0.39 is 58.6 Å². The van der Waals surface area contributed by atoms with Crippen LogP contribution in [-0.2, 0) is 26.7 Å². The highest BCUT2D eigenvalue weighted by molar-refractivity contribution is 7.98. The standard InChI is InChI=1S/C37H41F2NO5S/c1-22-4-10-27(11-5-22)46-21-24-8-6-23(7-9-24)18-40-19-25-14-28-29-16-31(38)30-15-26(42)12-13-34(30,2)36(29,39)32(43)17-35(28,3)37(25,45-40)33(44)20-41/h4-13,15,25,28-29,31-32,41,43H,14,16-21H2,1-3H3/t25-,28-,29-,31-,32-,34-,35-,36-,37-/m0/s1. The van der Waals surface area contributed by atoms with E-state index in [0.717, 1.165) is 11.3 Å². The first-order valence-electron chi connectivity index (χ1n) is 16.2. The van der Waals surface area contributed by atoms with Gasteiger partial charge < -0.3 is 10.2 Å². The molecule has 4 fully saturated rings. The number of hydrogen-bond acceptors (Lipinski definition) is 7. The quantitative estimate of drug-likeness (QED) is 0.363. The van der Waals surface area contributed by atoms with Crippen LogP contribution >= 0.6 is 11.8 Å². The van der Waals surface area contributed by atoms with Gasteiger partial charge >= 0.3 is 0 Å². The van der Waals surface area contributed by atoms with E-state index in [-0.39, 0.29) is 30.1 Å². The van der Waals surface area contributed by atoms with Gasteiger partial charge in [0.15, 0.2) is 22.8 Å². The molecule has 1 heterocycles. The number of aryl methyl sites for hydroxylation is 1. The highest BCUT2D eigenvalue weighted by Crippen LogP contribution is 2.72. The predicted octanol–water partition coefficient (Wildman–Crippen LogP) is 5.88. The molecule has 244 valence electrons. The van der Waals surface area contributed by atoms with Crippen LogP contribution in [0.2, 0.25) is 0 Å². The maximum Gasteiger partial charge on any atom is 0.192 e. The molecule has 3 saturated carbocycles. The fourth-order valence-electron chi connectivity index (χ4n) is 9.78. The molecule has 4 aliphatic carbocycles. The van der Waals surface area contributed by atoms with Gasteiger partial charge in [0.1, 0.15) is 12.8 Å². The SMILES string of the molecule is Cc1ccc(SCc2ccc(CN3C[C@@H]4C[C@H]5[C@@H]6C[C@H](F)C7=CC(=O)C=C[C@]7(C)[C@@]6(F)[C@@H](O)C[C@]5(C)[C@]4(C(=O)CO)O3)cc2)cc1. The van der Waals surface area contributed by atoms with Gasteiger partial charge in [-0.1, -0.05) is 55.0 Å². The molecule has 7 rings (SSSR count). The summed E-state index contributed by atoms with van der Waals surface area (Å²) in [4.78, 5) is 33.7. The second-order valence-electron chi connectivity index (χ2n) is 14.4. The molecule has 0 amide bonds. The van der Waals surface area contributed by atoms with Crippen LogP contribution in [0, 0.1) is 35.5 Å². The highest BCUT2D eigenvalue weighted by atomic mass is 32.2. The molecule has 0 aromatic heterocycles. The summed E-state index contributed by atoms with van der Waals surface area (Å²) in [7, 11) is 0. The number of alkyl halides is 2. The van der Waals surface area contributed by atoms with Gasteiger partial charge in [0.25, 0.3) is 0 Å². The van der Waals surface area contributed by atoms with E-state index in [1.54, 1.807) is 23.7 Å². The van der Waals surface area contributed by atoms with E-state index in [4.69, 9.17) is 4.84 Å². The van der Waals surface area contributed by atoms with Crippen molar-refractivity contribution in [3.05, 3.63) is 89.0 Å². The smallest absolute Gasteiger partial charge is 0.192 e. The molecule has 0 radical (unpaired) electrons. The first kappa shape index (κ1) is 31.9. The average molecular weight is 650 g/mol. The maximum absolute atomic E-state index is 17.6. The minimum absolute atomic E-state index is 0.0722. The van der Waals surface area contributed by atoms with Crippen molar-refractivity contribution in [2.45, 2.75) is 80.8 Å². The van der Waals surface area contributed by atoms with Crippen LogP contribution < -0.4 is 0 Å². The monoisotopic (exact) mass is 649 g/mol. The number of thioether (sulfide) groups is 1. The van der Waals surface area contributed by atoms with Gasteiger partial charge in [-0.15, -0.1) is 11.8 Å². The van der Waals surface area contributed by atoms with E-state index in [1.807, 2.05) is 19.1 Å². The van der Waals surface area contributed by atoms with E-state index in [2.05, 4.69) is 43.3 Å². The average Bonchev–Trinajstić information content (AvgIpc) is 3.51. The number of hydrogen-bond donors (Lipinski definition) is 2. The second-order valence-corrected chi connectivity index (χ2v) is 15.5. The number of ketones is 2. The van der Waals surface area contributed by atoms with Crippen molar-refractivity contribution in [2.75, 3.05) is 13.2 Å². The van der Waals surface area contributed by atoms with Crippen LogP contribution in [0.5, 0.6) is 0 Å². The van der Waals surface area contributed by atoms with E-state index in [1.165, 1.54) is 34.3 Å². The van der Waals surface area contributed by atoms with Gasteiger partial charge in [0.2, 0.25) is 0 Å². The lowest BCUT2D eigenvalue weighted by Crippen LogP contribution is -2.70. The van der Waals surface area contributed by atoms with Crippen LogP contribution in [0.25, 0.3) is 0 Å². The number of Topliss-reactive ketones (excluding diaryl/α,β-unsaturated/α-hetero) is 1. The zero-order chi connectivity index (χ0) is 32.6. The van der Waals surface area contributed by atoms with Crippen LogP contribution in [0.3, 0.4) is 0 Å². The zero-order valence-corrected chi connectivity index (χ0v) is 27.2. The maximum atomic E-state index is 17.6.